The number of piperidine rings is 2. The quantitative estimate of drug-likeness (QED) is 0.317. The van der Waals surface area contributed by atoms with Crippen molar-refractivity contribution >= 4 is 17.8 Å². The highest BCUT2D eigenvalue weighted by Crippen LogP contribution is 2.22. The summed E-state index contributed by atoms with van der Waals surface area (Å²) < 4.78 is 0. The summed E-state index contributed by atoms with van der Waals surface area (Å²) in [6, 6.07) is 0.347. The molecule has 0 bridgehead atoms. The van der Waals surface area contributed by atoms with E-state index in [0.29, 0.717) is 50.1 Å². The van der Waals surface area contributed by atoms with E-state index in [1.54, 1.807) is 0 Å². The Kier molecular flexibility index (Phi) is 5.78. The standard InChI is InChI=1S/C17H33N11/c18-10-3-11(19)7-27(6-10)16-24-15(23-14-1-2-22-5-14)25-17(26-16)28-8-12(20)4-13(21)9-28/h10-14,22H,1-9,18-21H2,(H,23,24,25,26)/t10-,11+,12-,13+,14?. The molecule has 0 spiro atoms. The van der Waals surface area contributed by atoms with E-state index < -0.39 is 0 Å². The highest BCUT2D eigenvalue weighted by atomic mass is 15.4. The summed E-state index contributed by atoms with van der Waals surface area (Å²) in [7, 11) is 0. The van der Waals surface area contributed by atoms with Crippen LogP contribution in [0.4, 0.5) is 17.8 Å². The SMILES string of the molecule is N[C@@H]1C[C@H](N)CN(c2nc(NC3CCNC3)nc(N3C[C@H](N)C[C@H](N)C3)n2)C1. The van der Waals surface area contributed by atoms with Gasteiger partial charge in [-0.2, -0.15) is 15.0 Å². The van der Waals surface area contributed by atoms with Crippen LogP contribution in [0.2, 0.25) is 0 Å². The van der Waals surface area contributed by atoms with Gasteiger partial charge in [-0.05, 0) is 25.8 Å². The molecule has 1 aromatic heterocycles. The van der Waals surface area contributed by atoms with Gasteiger partial charge in [0.2, 0.25) is 17.8 Å². The summed E-state index contributed by atoms with van der Waals surface area (Å²) in [6.07, 6.45) is 2.65. The van der Waals surface area contributed by atoms with Gasteiger partial charge in [0.15, 0.2) is 0 Å². The maximum absolute atomic E-state index is 6.18. The van der Waals surface area contributed by atoms with E-state index in [0.717, 1.165) is 32.4 Å². The average Bonchev–Trinajstić information content (AvgIpc) is 3.13. The number of nitrogens with one attached hydrogen (secondary N) is 2. The van der Waals surface area contributed by atoms with Crippen molar-refractivity contribution in [3.05, 3.63) is 0 Å². The Labute approximate surface area is 165 Å². The number of nitrogens with two attached hydrogens (primary N) is 4. The summed E-state index contributed by atoms with van der Waals surface area (Å²) in [5.74, 6) is 1.79. The molecule has 10 N–H and O–H groups in total. The number of anilines is 3. The van der Waals surface area contributed by atoms with Crippen LogP contribution in [0.25, 0.3) is 0 Å². The van der Waals surface area contributed by atoms with E-state index in [9.17, 15) is 0 Å². The van der Waals surface area contributed by atoms with Gasteiger partial charge in [0.25, 0.3) is 0 Å². The zero-order valence-corrected chi connectivity index (χ0v) is 16.3. The monoisotopic (exact) mass is 391 g/mol. The predicted molar refractivity (Wildman–Crippen MR) is 110 cm³/mol. The van der Waals surface area contributed by atoms with E-state index in [4.69, 9.17) is 27.9 Å². The molecule has 3 aliphatic heterocycles. The van der Waals surface area contributed by atoms with Crippen LogP contribution >= 0.6 is 0 Å². The molecule has 5 atom stereocenters. The van der Waals surface area contributed by atoms with Crippen molar-refractivity contribution < 1.29 is 0 Å². The zero-order chi connectivity index (χ0) is 19.7. The Morgan fingerprint density at radius 1 is 0.786 bits per heavy atom. The molecule has 11 nitrogen and oxygen atoms in total. The summed E-state index contributed by atoms with van der Waals surface area (Å²) >= 11 is 0. The fourth-order valence-electron chi connectivity index (χ4n) is 4.35. The summed E-state index contributed by atoms with van der Waals surface area (Å²) in [5, 5.41) is 6.79. The molecule has 0 aromatic carbocycles. The van der Waals surface area contributed by atoms with Gasteiger partial charge in [-0.3, -0.25) is 0 Å². The molecule has 11 heteroatoms. The molecule has 4 heterocycles. The molecule has 3 aliphatic rings. The maximum Gasteiger partial charge on any atom is 0.232 e. The van der Waals surface area contributed by atoms with Crippen molar-refractivity contribution in [3.63, 3.8) is 0 Å². The van der Waals surface area contributed by atoms with Gasteiger partial charge < -0.3 is 43.4 Å². The molecule has 0 aliphatic carbocycles. The second-order valence-corrected chi connectivity index (χ2v) is 8.41. The van der Waals surface area contributed by atoms with Crippen LogP contribution < -0.4 is 43.4 Å². The first-order valence-electron chi connectivity index (χ1n) is 10.2. The molecule has 3 saturated heterocycles. The van der Waals surface area contributed by atoms with Crippen molar-refractivity contribution in [1.82, 2.24) is 20.3 Å². The highest BCUT2D eigenvalue weighted by molar-refractivity contribution is 5.47. The normalized spacial score (nSPS) is 33.9. The number of aromatic nitrogens is 3. The van der Waals surface area contributed by atoms with E-state index in [1.807, 2.05) is 0 Å². The minimum absolute atomic E-state index is 0.0104. The lowest BCUT2D eigenvalue weighted by Crippen LogP contribution is -2.54. The lowest BCUT2D eigenvalue weighted by molar-refractivity contribution is 0.441. The number of nitrogens with zero attached hydrogens (tertiary/aromatic N) is 5. The fourth-order valence-corrected chi connectivity index (χ4v) is 4.35. The third-order valence-electron chi connectivity index (χ3n) is 5.60. The molecular formula is C17H33N11. The molecule has 0 saturated carbocycles. The third kappa shape index (κ3) is 4.61. The van der Waals surface area contributed by atoms with Gasteiger partial charge >= 0.3 is 0 Å². The van der Waals surface area contributed by atoms with Gasteiger partial charge in [-0.1, -0.05) is 0 Å². The summed E-state index contributed by atoms with van der Waals surface area (Å²) in [6.45, 7) is 4.62. The fraction of sp³-hybridized carbons (Fsp3) is 0.824. The van der Waals surface area contributed by atoms with Gasteiger partial charge in [0, 0.05) is 62.9 Å². The highest BCUT2D eigenvalue weighted by Gasteiger charge is 2.29. The van der Waals surface area contributed by atoms with E-state index >= 15 is 0 Å². The predicted octanol–water partition coefficient (Wildman–Crippen LogP) is -2.63. The lowest BCUT2D eigenvalue weighted by Gasteiger charge is -2.37. The topological polar surface area (TPSA) is 173 Å². The van der Waals surface area contributed by atoms with Crippen LogP contribution in [0, 0.1) is 0 Å². The molecule has 4 rings (SSSR count). The van der Waals surface area contributed by atoms with Crippen LogP contribution in [-0.2, 0) is 0 Å². The van der Waals surface area contributed by atoms with E-state index in [-0.39, 0.29) is 24.2 Å². The summed E-state index contributed by atoms with van der Waals surface area (Å²) in [5.41, 5.74) is 24.7. The number of rotatable bonds is 4. The third-order valence-corrected chi connectivity index (χ3v) is 5.60. The molecule has 0 amide bonds. The Bertz CT molecular complexity index is 600. The summed E-state index contributed by atoms with van der Waals surface area (Å²) in [4.78, 5) is 18.2. The Morgan fingerprint density at radius 2 is 1.29 bits per heavy atom. The van der Waals surface area contributed by atoms with Crippen LogP contribution in [-0.4, -0.2) is 84.4 Å². The van der Waals surface area contributed by atoms with Crippen molar-refractivity contribution in [2.24, 2.45) is 22.9 Å². The van der Waals surface area contributed by atoms with Gasteiger partial charge in [0.05, 0.1) is 0 Å². The van der Waals surface area contributed by atoms with E-state index in [1.165, 1.54) is 0 Å². The first kappa shape index (κ1) is 19.5. The molecule has 0 radical (unpaired) electrons. The van der Waals surface area contributed by atoms with Gasteiger partial charge in [0.1, 0.15) is 0 Å². The largest absolute Gasteiger partial charge is 0.350 e. The van der Waals surface area contributed by atoms with Crippen LogP contribution in [0.3, 0.4) is 0 Å². The molecular weight excluding hydrogens is 358 g/mol. The van der Waals surface area contributed by atoms with Crippen molar-refractivity contribution in [2.75, 3.05) is 54.4 Å². The van der Waals surface area contributed by atoms with Crippen LogP contribution in [0.15, 0.2) is 0 Å². The number of hydrogen-bond donors (Lipinski definition) is 6. The van der Waals surface area contributed by atoms with E-state index in [2.05, 4.69) is 30.4 Å². The second kappa shape index (κ2) is 8.29. The molecule has 3 fully saturated rings. The smallest absolute Gasteiger partial charge is 0.232 e. The second-order valence-electron chi connectivity index (χ2n) is 8.41. The average molecular weight is 392 g/mol. The van der Waals surface area contributed by atoms with Crippen molar-refractivity contribution in [2.45, 2.75) is 49.5 Å². The Balaban J connectivity index is 1.62. The lowest BCUT2D eigenvalue weighted by atomic mass is 10.0. The first-order valence-corrected chi connectivity index (χ1v) is 10.2. The Morgan fingerprint density at radius 3 is 1.71 bits per heavy atom. The molecule has 28 heavy (non-hydrogen) atoms. The minimum atomic E-state index is 0.0104. The maximum atomic E-state index is 6.18. The van der Waals surface area contributed by atoms with Crippen molar-refractivity contribution in [3.8, 4) is 0 Å². The zero-order valence-electron chi connectivity index (χ0n) is 16.3. The Hall–Kier alpha value is -1.79. The van der Waals surface area contributed by atoms with Gasteiger partial charge in [-0.15, -0.1) is 0 Å². The van der Waals surface area contributed by atoms with Crippen LogP contribution in [0.5, 0.6) is 0 Å². The first-order chi connectivity index (χ1) is 13.5. The van der Waals surface area contributed by atoms with Gasteiger partial charge in [-0.25, -0.2) is 0 Å². The van der Waals surface area contributed by atoms with Crippen LogP contribution in [0.1, 0.15) is 19.3 Å². The minimum Gasteiger partial charge on any atom is -0.350 e. The molecule has 156 valence electrons. The molecule has 1 aromatic rings. The number of hydrogen-bond acceptors (Lipinski definition) is 11. The molecule has 1 unspecified atom stereocenters. The van der Waals surface area contributed by atoms with Crippen molar-refractivity contribution in [1.29, 1.82) is 0 Å².